The van der Waals surface area contributed by atoms with Gasteiger partial charge in [-0.15, -0.1) is 5.10 Å². The monoisotopic (exact) mass is 477 g/mol. The van der Waals surface area contributed by atoms with Crippen molar-refractivity contribution in [3.05, 3.63) is 59.9 Å². The Labute approximate surface area is 204 Å². The Bertz CT molecular complexity index is 1140. The molecule has 10 nitrogen and oxygen atoms in total. The van der Waals surface area contributed by atoms with E-state index in [-0.39, 0.29) is 30.2 Å². The van der Waals surface area contributed by atoms with Crippen molar-refractivity contribution in [2.24, 2.45) is 0 Å². The normalized spacial score (nSPS) is 21.9. The quantitative estimate of drug-likeness (QED) is 0.472. The van der Waals surface area contributed by atoms with Crippen LogP contribution in [0, 0.1) is 0 Å². The lowest BCUT2D eigenvalue weighted by atomic mass is 10.1. The third-order valence-corrected chi connectivity index (χ3v) is 6.38. The van der Waals surface area contributed by atoms with E-state index in [9.17, 15) is 4.79 Å². The molecule has 0 unspecified atom stereocenters. The van der Waals surface area contributed by atoms with E-state index in [4.69, 9.17) is 9.47 Å². The molecule has 3 N–H and O–H groups in total. The highest BCUT2D eigenvalue weighted by Crippen LogP contribution is 2.32. The van der Waals surface area contributed by atoms with Gasteiger partial charge in [0.15, 0.2) is 5.82 Å². The van der Waals surface area contributed by atoms with Gasteiger partial charge < -0.3 is 19.7 Å². The molecular weight excluding hydrogens is 446 g/mol. The number of nitrogens with zero attached hydrogens (tertiary/aromatic N) is 4. The molecule has 0 radical (unpaired) electrons. The van der Waals surface area contributed by atoms with E-state index < -0.39 is 0 Å². The fraction of sp³-hybridized carbons (Fsp3) is 0.440. The number of ether oxygens (including phenoxy) is 2. The van der Waals surface area contributed by atoms with E-state index in [1.165, 1.54) is 0 Å². The van der Waals surface area contributed by atoms with Crippen molar-refractivity contribution in [3.8, 4) is 5.88 Å². The van der Waals surface area contributed by atoms with Crippen LogP contribution in [0.15, 0.2) is 48.7 Å². The molecule has 35 heavy (non-hydrogen) atoms. The maximum Gasteiger partial charge on any atom is 0.323 e. The maximum atomic E-state index is 12.8. The predicted molar refractivity (Wildman–Crippen MR) is 131 cm³/mol. The smallest absolute Gasteiger partial charge is 0.323 e. The minimum atomic E-state index is -0.191. The Morgan fingerprint density at radius 2 is 2.11 bits per heavy atom. The number of amides is 2. The van der Waals surface area contributed by atoms with Gasteiger partial charge in [-0.3, -0.25) is 10.4 Å². The summed E-state index contributed by atoms with van der Waals surface area (Å²) in [7, 11) is 0. The number of hydrogen-bond acceptors (Lipinski definition) is 7. The van der Waals surface area contributed by atoms with Crippen LogP contribution in [0.3, 0.4) is 0 Å². The zero-order valence-corrected chi connectivity index (χ0v) is 20.0. The third kappa shape index (κ3) is 5.54. The molecule has 3 aromatic rings. The van der Waals surface area contributed by atoms with Crippen LogP contribution < -0.4 is 15.4 Å². The summed E-state index contributed by atoms with van der Waals surface area (Å²) in [5, 5.41) is 21.7. The molecule has 1 aromatic carbocycles. The molecule has 0 saturated carbocycles. The topological polar surface area (TPSA) is 117 Å². The van der Waals surface area contributed by atoms with Crippen molar-refractivity contribution >= 4 is 17.5 Å². The highest BCUT2D eigenvalue weighted by Gasteiger charge is 2.31. The second-order valence-corrected chi connectivity index (χ2v) is 9.32. The average molecular weight is 478 g/mol. The summed E-state index contributed by atoms with van der Waals surface area (Å²) in [6.07, 6.45) is 2.91. The molecule has 2 aliphatic heterocycles. The highest BCUT2D eigenvalue weighted by molar-refractivity contribution is 5.88. The Balaban J connectivity index is 1.12. The van der Waals surface area contributed by atoms with Crippen molar-refractivity contribution in [1.29, 1.82) is 0 Å². The van der Waals surface area contributed by atoms with Crippen molar-refractivity contribution < 1.29 is 14.3 Å². The van der Waals surface area contributed by atoms with E-state index in [1.54, 1.807) is 11.1 Å². The Morgan fingerprint density at radius 3 is 2.94 bits per heavy atom. The average Bonchev–Trinajstić information content (AvgIpc) is 3.61. The number of benzene rings is 1. The summed E-state index contributed by atoms with van der Waals surface area (Å²) in [4.78, 5) is 14.6. The number of likely N-dealkylation sites (tertiary alicyclic amines) is 1. The number of nitrogens with one attached hydrogen (secondary N) is 3. The summed E-state index contributed by atoms with van der Waals surface area (Å²) >= 11 is 0. The van der Waals surface area contributed by atoms with Crippen LogP contribution in [0.25, 0.3) is 0 Å². The van der Waals surface area contributed by atoms with Gasteiger partial charge >= 0.3 is 6.03 Å². The number of rotatable bonds is 7. The highest BCUT2D eigenvalue weighted by atomic mass is 16.6. The minimum absolute atomic E-state index is 0.130. The number of hydrogen-bond donors (Lipinski definition) is 3. The van der Waals surface area contributed by atoms with Crippen LogP contribution in [0.2, 0.25) is 0 Å². The molecule has 2 fully saturated rings. The van der Waals surface area contributed by atoms with Gasteiger partial charge in [-0.05, 0) is 30.5 Å². The predicted octanol–water partition coefficient (Wildman–Crippen LogP) is 3.95. The molecular formula is C25H31N7O3. The number of carbonyl (C=O) groups excluding carboxylic acids is 1. The Morgan fingerprint density at radius 1 is 1.26 bits per heavy atom. The van der Waals surface area contributed by atoms with Crippen molar-refractivity contribution in [3.63, 3.8) is 0 Å². The summed E-state index contributed by atoms with van der Waals surface area (Å²) < 4.78 is 12.0. The third-order valence-electron chi connectivity index (χ3n) is 6.38. The van der Waals surface area contributed by atoms with Crippen LogP contribution in [-0.2, 0) is 4.74 Å². The van der Waals surface area contributed by atoms with Gasteiger partial charge in [0.05, 0.1) is 18.5 Å². The zero-order chi connectivity index (χ0) is 24.2. The second-order valence-electron chi connectivity index (χ2n) is 9.32. The molecule has 4 heterocycles. The lowest BCUT2D eigenvalue weighted by Gasteiger charge is -2.17. The number of carbonyl (C=O) groups is 1. The summed E-state index contributed by atoms with van der Waals surface area (Å²) in [6.45, 7) is 5.98. The van der Waals surface area contributed by atoms with Gasteiger partial charge in [0, 0.05) is 42.9 Å². The molecule has 2 amide bonds. The number of urea groups is 1. The molecule has 0 bridgehead atoms. The van der Waals surface area contributed by atoms with Crippen LogP contribution in [0.5, 0.6) is 5.88 Å². The first-order valence-corrected chi connectivity index (χ1v) is 12.1. The SMILES string of the molecule is CC(C)c1ccnnc1O[C@@H]1CO[C@H](c2cc(NC(=O)N3CC[C@H](Nc4ccccc4)C3)n[nH]2)C1. The number of anilines is 2. The van der Waals surface area contributed by atoms with Crippen LogP contribution in [0.1, 0.15) is 50.0 Å². The first-order valence-electron chi connectivity index (χ1n) is 12.1. The van der Waals surface area contributed by atoms with Gasteiger partial charge in [0.1, 0.15) is 12.2 Å². The molecule has 3 atom stereocenters. The first-order chi connectivity index (χ1) is 17.0. The summed E-state index contributed by atoms with van der Waals surface area (Å²) in [5.41, 5.74) is 2.90. The van der Waals surface area contributed by atoms with Crippen LogP contribution >= 0.6 is 0 Å². The molecule has 2 aromatic heterocycles. The fourth-order valence-corrected chi connectivity index (χ4v) is 4.50. The summed E-state index contributed by atoms with van der Waals surface area (Å²) in [6, 6.07) is 13.9. The number of para-hydroxylation sites is 1. The number of H-pyrrole nitrogens is 1. The van der Waals surface area contributed by atoms with E-state index >= 15 is 0 Å². The molecule has 10 heteroatoms. The largest absolute Gasteiger partial charge is 0.471 e. The van der Waals surface area contributed by atoms with E-state index in [1.807, 2.05) is 42.5 Å². The zero-order valence-electron chi connectivity index (χ0n) is 20.0. The summed E-state index contributed by atoms with van der Waals surface area (Å²) in [5.74, 6) is 1.32. The molecule has 0 aliphatic carbocycles. The number of aromatic amines is 1. The molecule has 184 valence electrons. The lowest BCUT2D eigenvalue weighted by Crippen LogP contribution is -2.35. The molecule has 5 rings (SSSR count). The standard InChI is InChI=1S/C25H31N7O3/c1-16(2)20-8-10-26-31-24(20)35-19-12-22(34-15-19)21-13-23(30-29-21)28-25(33)32-11-9-18(14-32)27-17-6-4-3-5-7-17/h3-8,10,13,16,18-19,22,27H,9,11-12,14-15H2,1-2H3,(H2,28,29,30,33)/t18-,19-,22-/m0/s1. The van der Waals surface area contributed by atoms with Crippen LogP contribution in [-0.4, -0.2) is 63.2 Å². The van der Waals surface area contributed by atoms with E-state index in [2.05, 4.69) is 44.9 Å². The Hall–Kier alpha value is -3.66. The van der Waals surface area contributed by atoms with Gasteiger partial charge in [-0.2, -0.15) is 10.2 Å². The lowest BCUT2D eigenvalue weighted by molar-refractivity contribution is 0.0905. The van der Waals surface area contributed by atoms with Crippen LogP contribution in [0.4, 0.5) is 16.3 Å². The Kier molecular flexibility index (Phi) is 6.80. The molecule has 2 aliphatic rings. The van der Waals surface area contributed by atoms with E-state index in [0.29, 0.717) is 37.8 Å². The van der Waals surface area contributed by atoms with Gasteiger partial charge in [0.25, 0.3) is 0 Å². The minimum Gasteiger partial charge on any atom is -0.471 e. The molecule has 2 saturated heterocycles. The van der Waals surface area contributed by atoms with Crippen molar-refractivity contribution in [2.75, 3.05) is 30.3 Å². The maximum absolute atomic E-state index is 12.8. The van der Waals surface area contributed by atoms with Gasteiger partial charge in [0.2, 0.25) is 5.88 Å². The van der Waals surface area contributed by atoms with Crippen molar-refractivity contribution in [1.82, 2.24) is 25.3 Å². The second kappa shape index (κ2) is 10.3. The van der Waals surface area contributed by atoms with Gasteiger partial charge in [-0.25, -0.2) is 4.79 Å². The fourth-order valence-electron chi connectivity index (χ4n) is 4.50. The van der Waals surface area contributed by atoms with E-state index in [0.717, 1.165) is 23.4 Å². The van der Waals surface area contributed by atoms with Gasteiger partial charge in [-0.1, -0.05) is 32.0 Å². The first kappa shape index (κ1) is 23.1. The number of aromatic nitrogens is 4. The van der Waals surface area contributed by atoms with Crippen molar-refractivity contribution in [2.45, 2.75) is 50.9 Å². The molecule has 0 spiro atoms.